The Morgan fingerprint density at radius 2 is 1.80 bits per heavy atom. The molecule has 0 fully saturated rings. The zero-order valence-corrected chi connectivity index (χ0v) is 11.9. The van der Waals surface area contributed by atoms with Crippen molar-refractivity contribution in [1.29, 1.82) is 0 Å². The van der Waals surface area contributed by atoms with E-state index in [0.717, 1.165) is 22.5 Å². The number of aromatic amines is 2. The summed E-state index contributed by atoms with van der Waals surface area (Å²) < 4.78 is 6.26. The van der Waals surface area contributed by atoms with Gasteiger partial charge in [-0.15, -0.1) is 0 Å². The Hall–Kier alpha value is -2.27. The molecule has 3 aromatic rings. The van der Waals surface area contributed by atoms with Crippen LogP contribution in [0.3, 0.4) is 0 Å². The second kappa shape index (κ2) is 5.38. The molecule has 0 saturated carbocycles. The highest BCUT2D eigenvalue weighted by atomic mass is 32.1. The zero-order chi connectivity index (χ0) is 13.9. The lowest BCUT2D eigenvalue weighted by Crippen LogP contribution is -2.08. The number of fused-ring (bicyclic) bond motifs is 1. The fraction of sp³-hybridized carbons (Fsp3) is 0.133. The molecule has 0 amide bonds. The predicted octanol–water partition coefficient (Wildman–Crippen LogP) is 3.98. The van der Waals surface area contributed by atoms with E-state index in [1.54, 1.807) is 0 Å². The molecule has 0 aliphatic carbocycles. The van der Waals surface area contributed by atoms with Gasteiger partial charge in [-0.1, -0.05) is 17.7 Å². The summed E-state index contributed by atoms with van der Waals surface area (Å²) in [6.07, 6.45) is 0. The standard InChI is InChI=1S/C15H15N3OS/c1-10-2-5-12(6-3-10)19-9-16-11-4-7-13-14(8-11)18-15(20)17-13/h2-8,16H,9H2,1H3,(H2,17,18,20). The normalized spacial score (nSPS) is 10.7. The van der Waals surface area contributed by atoms with Gasteiger partial charge in [-0.3, -0.25) is 0 Å². The van der Waals surface area contributed by atoms with Crippen LogP contribution < -0.4 is 10.1 Å². The molecular formula is C15H15N3OS. The van der Waals surface area contributed by atoms with Gasteiger partial charge < -0.3 is 20.0 Å². The van der Waals surface area contributed by atoms with Crippen LogP contribution in [0.25, 0.3) is 11.0 Å². The average Bonchev–Trinajstić information content (AvgIpc) is 2.80. The Balaban J connectivity index is 1.64. The van der Waals surface area contributed by atoms with Crippen LogP contribution in [0.15, 0.2) is 42.5 Å². The van der Waals surface area contributed by atoms with Crippen LogP contribution in [0.2, 0.25) is 0 Å². The number of aryl methyl sites for hydroxylation is 1. The van der Waals surface area contributed by atoms with E-state index in [0.29, 0.717) is 11.5 Å². The summed E-state index contributed by atoms with van der Waals surface area (Å²) in [5, 5.41) is 3.22. The molecule has 0 saturated heterocycles. The topological polar surface area (TPSA) is 52.8 Å². The molecule has 2 aromatic carbocycles. The highest BCUT2D eigenvalue weighted by molar-refractivity contribution is 7.71. The van der Waals surface area contributed by atoms with Gasteiger partial charge in [-0.2, -0.15) is 0 Å². The summed E-state index contributed by atoms with van der Waals surface area (Å²) in [6, 6.07) is 14.0. The minimum atomic E-state index is 0.416. The minimum Gasteiger partial charge on any atom is -0.473 e. The van der Waals surface area contributed by atoms with Crippen LogP contribution in [-0.2, 0) is 0 Å². The summed E-state index contributed by atoms with van der Waals surface area (Å²) in [6.45, 7) is 2.47. The van der Waals surface area contributed by atoms with Crippen molar-refractivity contribution in [3.63, 3.8) is 0 Å². The van der Waals surface area contributed by atoms with Crippen LogP contribution >= 0.6 is 12.2 Å². The Bertz CT molecular complexity index is 774. The second-order valence-corrected chi connectivity index (χ2v) is 5.03. The Morgan fingerprint density at radius 3 is 2.60 bits per heavy atom. The molecule has 0 bridgehead atoms. The molecule has 0 aliphatic heterocycles. The van der Waals surface area contributed by atoms with Gasteiger partial charge in [-0.25, -0.2) is 0 Å². The van der Waals surface area contributed by atoms with Crippen molar-refractivity contribution in [1.82, 2.24) is 9.97 Å². The number of H-pyrrole nitrogens is 2. The maximum absolute atomic E-state index is 5.63. The predicted molar refractivity (Wildman–Crippen MR) is 83.8 cm³/mol. The first kappa shape index (κ1) is 12.7. The van der Waals surface area contributed by atoms with E-state index in [9.17, 15) is 0 Å². The maximum atomic E-state index is 5.63. The molecule has 20 heavy (non-hydrogen) atoms. The fourth-order valence-corrected chi connectivity index (χ4v) is 2.20. The second-order valence-electron chi connectivity index (χ2n) is 4.62. The third kappa shape index (κ3) is 2.83. The van der Waals surface area contributed by atoms with Crippen molar-refractivity contribution in [3.8, 4) is 5.75 Å². The highest BCUT2D eigenvalue weighted by Crippen LogP contribution is 2.16. The monoisotopic (exact) mass is 285 g/mol. The zero-order valence-electron chi connectivity index (χ0n) is 11.1. The number of imidazole rings is 1. The number of ether oxygens (including phenoxy) is 1. The van der Waals surface area contributed by atoms with Gasteiger partial charge in [0.05, 0.1) is 11.0 Å². The number of nitrogens with one attached hydrogen (secondary N) is 3. The Labute approximate surface area is 121 Å². The molecular weight excluding hydrogens is 270 g/mol. The molecule has 0 atom stereocenters. The lowest BCUT2D eigenvalue weighted by atomic mass is 10.2. The Morgan fingerprint density at radius 1 is 1.05 bits per heavy atom. The maximum Gasteiger partial charge on any atom is 0.175 e. The van der Waals surface area contributed by atoms with E-state index >= 15 is 0 Å². The third-order valence-corrected chi connectivity index (χ3v) is 3.26. The van der Waals surface area contributed by atoms with E-state index in [2.05, 4.69) is 22.2 Å². The lowest BCUT2D eigenvalue weighted by Gasteiger charge is -2.09. The van der Waals surface area contributed by atoms with E-state index in [1.165, 1.54) is 5.56 Å². The summed E-state index contributed by atoms with van der Waals surface area (Å²) >= 11 is 5.06. The number of benzene rings is 2. The molecule has 0 aliphatic rings. The molecule has 4 nitrogen and oxygen atoms in total. The molecule has 0 radical (unpaired) electrons. The van der Waals surface area contributed by atoms with Crippen LogP contribution in [0.1, 0.15) is 5.56 Å². The van der Waals surface area contributed by atoms with E-state index in [-0.39, 0.29) is 0 Å². The van der Waals surface area contributed by atoms with Gasteiger partial charge in [0.15, 0.2) is 11.5 Å². The van der Waals surface area contributed by atoms with Gasteiger partial charge in [0, 0.05) is 5.69 Å². The highest BCUT2D eigenvalue weighted by Gasteiger charge is 1.98. The minimum absolute atomic E-state index is 0.416. The summed E-state index contributed by atoms with van der Waals surface area (Å²) in [5.41, 5.74) is 4.18. The first-order valence-electron chi connectivity index (χ1n) is 6.36. The molecule has 3 rings (SSSR count). The molecule has 1 heterocycles. The largest absolute Gasteiger partial charge is 0.473 e. The molecule has 0 spiro atoms. The van der Waals surface area contributed by atoms with Gasteiger partial charge in [-0.05, 0) is 49.5 Å². The van der Waals surface area contributed by atoms with Crippen molar-refractivity contribution < 1.29 is 4.74 Å². The number of rotatable bonds is 4. The summed E-state index contributed by atoms with van der Waals surface area (Å²) in [5.74, 6) is 0.852. The van der Waals surface area contributed by atoms with E-state index < -0.39 is 0 Å². The first-order chi connectivity index (χ1) is 9.70. The number of anilines is 1. The number of hydrogen-bond acceptors (Lipinski definition) is 3. The van der Waals surface area contributed by atoms with Gasteiger partial charge in [0.2, 0.25) is 0 Å². The smallest absolute Gasteiger partial charge is 0.175 e. The van der Waals surface area contributed by atoms with Crippen LogP contribution in [0.5, 0.6) is 5.75 Å². The first-order valence-corrected chi connectivity index (χ1v) is 6.77. The van der Waals surface area contributed by atoms with Crippen molar-refractivity contribution in [2.75, 3.05) is 12.0 Å². The summed E-state index contributed by atoms with van der Waals surface area (Å²) in [4.78, 5) is 6.16. The van der Waals surface area contributed by atoms with Crippen molar-refractivity contribution in [2.45, 2.75) is 6.92 Å². The molecule has 0 unspecified atom stereocenters. The molecule has 5 heteroatoms. The SMILES string of the molecule is Cc1ccc(OCNc2ccc3[nH]c(=S)[nH]c3c2)cc1. The van der Waals surface area contributed by atoms with Crippen molar-refractivity contribution in [2.24, 2.45) is 0 Å². The number of aromatic nitrogens is 2. The van der Waals surface area contributed by atoms with E-state index in [1.807, 2.05) is 42.5 Å². The van der Waals surface area contributed by atoms with Crippen molar-refractivity contribution in [3.05, 3.63) is 52.8 Å². The fourth-order valence-electron chi connectivity index (χ4n) is 1.98. The quantitative estimate of drug-likeness (QED) is 0.502. The molecule has 102 valence electrons. The lowest BCUT2D eigenvalue weighted by molar-refractivity contribution is 0.347. The van der Waals surface area contributed by atoms with E-state index in [4.69, 9.17) is 17.0 Å². The Kier molecular flexibility index (Phi) is 3.43. The number of hydrogen-bond donors (Lipinski definition) is 3. The van der Waals surface area contributed by atoms with Crippen molar-refractivity contribution >= 4 is 28.9 Å². The van der Waals surface area contributed by atoms with Crippen LogP contribution in [0, 0.1) is 11.7 Å². The van der Waals surface area contributed by atoms with Gasteiger partial charge in [0.1, 0.15) is 5.75 Å². The average molecular weight is 285 g/mol. The van der Waals surface area contributed by atoms with Gasteiger partial charge >= 0.3 is 0 Å². The molecule has 3 N–H and O–H groups in total. The summed E-state index contributed by atoms with van der Waals surface area (Å²) in [7, 11) is 0. The molecule has 1 aromatic heterocycles. The third-order valence-electron chi connectivity index (χ3n) is 3.05. The van der Waals surface area contributed by atoms with Gasteiger partial charge in [0.25, 0.3) is 0 Å². The van der Waals surface area contributed by atoms with Crippen LogP contribution in [-0.4, -0.2) is 16.7 Å². The van der Waals surface area contributed by atoms with Crippen LogP contribution in [0.4, 0.5) is 5.69 Å².